The quantitative estimate of drug-likeness (QED) is 0.807. The normalized spacial score (nSPS) is 16.8. The van der Waals surface area contributed by atoms with E-state index in [9.17, 15) is 8.42 Å². The monoisotopic (exact) mass is 273 g/mol. The molecule has 1 aromatic rings. The molecule has 0 atom stereocenters. The van der Waals surface area contributed by atoms with Gasteiger partial charge in [0.05, 0.1) is 20.8 Å². The molecule has 6 nitrogen and oxygen atoms in total. The molecule has 0 radical (unpaired) electrons. The van der Waals surface area contributed by atoms with Gasteiger partial charge in [0.25, 0.3) is 0 Å². The number of hydrogen-bond donors (Lipinski definition) is 0. The minimum absolute atomic E-state index is 0.0721. The maximum absolute atomic E-state index is 12.4. The van der Waals surface area contributed by atoms with Crippen molar-refractivity contribution in [2.75, 3.05) is 34.1 Å². The van der Waals surface area contributed by atoms with Crippen LogP contribution in [0.4, 0.5) is 0 Å². The molecule has 1 aliphatic rings. The van der Waals surface area contributed by atoms with E-state index in [1.54, 1.807) is 12.1 Å². The number of ether oxygens (including phenoxy) is 3. The average Bonchev–Trinajstić information content (AvgIpc) is 2.92. The molecule has 0 unspecified atom stereocenters. The minimum atomic E-state index is -3.61. The highest BCUT2D eigenvalue weighted by molar-refractivity contribution is 7.89. The number of rotatable bonds is 4. The first-order valence-corrected chi connectivity index (χ1v) is 6.83. The molecule has 1 fully saturated rings. The molecule has 0 spiro atoms. The molecule has 0 aromatic heterocycles. The smallest absolute Gasteiger partial charge is 0.248 e. The molecule has 18 heavy (non-hydrogen) atoms. The van der Waals surface area contributed by atoms with Gasteiger partial charge in [0.1, 0.15) is 23.1 Å². The van der Waals surface area contributed by atoms with Crippen LogP contribution in [0.25, 0.3) is 0 Å². The van der Waals surface area contributed by atoms with Gasteiger partial charge in [0.2, 0.25) is 10.0 Å². The van der Waals surface area contributed by atoms with Crippen molar-refractivity contribution < 1.29 is 22.6 Å². The predicted octanol–water partition coefficient (Wildman–Crippen LogP) is 0.682. The van der Waals surface area contributed by atoms with Crippen LogP contribution in [0, 0.1) is 0 Å². The molecule has 0 N–H and O–H groups in total. The Morgan fingerprint density at radius 3 is 2.61 bits per heavy atom. The van der Waals surface area contributed by atoms with Gasteiger partial charge in [-0.2, -0.15) is 4.31 Å². The zero-order chi connectivity index (χ0) is 13.2. The Bertz CT molecular complexity index is 522. The summed E-state index contributed by atoms with van der Waals surface area (Å²) < 4.78 is 41.3. The zero-order valence-electron chi connectivity index (χ0n) is 10.3. The summed E-state index contributed by atoms with van der Waals surface area (Å²) in [7, 11) is -0.696. The molecule has 0 amide bonds. The topological polar surface area (TPSA) is 65.1 Å². The van der Waals surface area contributed by atoms with Gasteiger partial charge in [-0.05, 0) is 12.1 Å². The summed E-state index contributed by atoms with van der Waals surface area (Å²) >= 11 is 0. The van der Waals surface area contributed by atoms with Crippen molar-refractivity contribution in [2.45, 2.75) is 4.90 Å². The lowest BCUT2D eigenvalue weighted by atomic mass is 10.3. The van der Waals surface area contributed by atoms with Gasteiger partial charge in [0.15, 0.2) is 0 Å². The number of benzene rings is 1. The lowest BCUT2D eigenvalue weighted by Gasteiger charge is -2.16. The lowest BCUT2D eigenvalue weighted by molar-refractivity contribution is 0.172. The Hall–Kier alpha value is -1.31. The summed E-state index contributed by atoms with van der Waals surface area (Å²) in [6.07, 6.45) is 0. The lowest BCUT2D eigenvalue weighted by Crippen LogP contribution is -2.28. The van der Waals surface area contributed by atoms with Crippen molar-refractivity contribution in [2.24, 2.45) is 0 Å². The van der Waals surface area contributed by atoms with Crippen LogP contribution in [0.15, 0.2) is 23.1 Å². The van der Waals surface area contributed by atoms with Crippen LogP contribution in [0.3, 0.4) is 0 Å². The van der Waals surface area contributed by atoms with Crippen LogP contribution < -0.4 is 9.47 Å². The van der Waals surface area contributed by atoms with E-state index in [-0.39, 0.29) is 11.6 Å². The second-order valence-electron chi connectivity index (χ2n) is 3.73. The van der Waals surface area contributed by atoms with E-state index in [4.69, 9.17) is 14.2 Å². The third-order valence-electron chi connectivity index (χ3n) is 2.71. The van der Waals surface area contributed by atoms with Crippen LogP contribution in [-0.2, 0) is 14.8 Å². The molecule has 1 aromatic carbocycles. The average molecular weight is 273 g/mol. The molecule has 0 bridgehead atoms. The van der Waals surface area contributed by atoms with Crippen molar-refractivity contribution >= 4 is 10.0 Å². The van der Waals surface area contributed by atoms with Crippen LogP contribution >= 0.6 is 0 Å². The maximum atomic E-state index is 12.4. The van der Waals surface area contributed by atoms with E-state index in [1.807, 2.05) is 0 Å². The molecule has 2 rings (SSSR count). The summed E-state index contributed by atoms with van der Waals surface area (Å²) in [6, 6.07) is 4.67. The van der Waals surface area contributed by atoms with Crippen LogP contribution in [-0.4, -0.2) is 46.8 Å². The minimum Gasteiger partial charge on any atom is -0.497 e. The summed E-state index contributed by atoms with van der Waals surface area (Å²) in [5.41, 5.74) is 0. The van der Waals surface area contributed by atoms with Crippen molar-refractivity contribution in [1.82, 2.24) is 4.31 Å². The molecule has 100 valence electrons. The Balaban J connectivity index is 2.47. The van der Waals surface area contributed by atoms with Crippen molar-refractivity contribution in [1.29, 1.82) is 0 Å². The Labute approximate surface area is 106 Å². The van der Waals surface area contributed by atoms with Crippen LogP contribution in [0.2, 0.25) is 0 Å². The maximum Gasteiger partial charge on any atom is 0.248 e. The first-order chi connectivity index (χ1) is 8.59. The van der Waals surface area contributed by atoms with E-state index in [2.05, 4.69) is 0 Å². The number of methoxy groups -OCH3 is 2. The molecular formula is C11H15NO5S. The summed E-state index contributed by atoms with van der Waals surface area (Å²) in [5.74, 6) is 0.761. The highest BCUT2D eigenvalue weighted by atomic mass is 32.2. The SMILES string of the molecule is COc1ccc(OC)c(S(=O)(=O)N2CCOC2)c1. The molecule has 7 heteroatoms. The standard InChI is InChI=1S/C11H15NO5S/c1-15-9-3-4-10(16-2)11(7-9)18(13,14)12-5-6-17-8-12/h3-4,7H,5-6,8H2,1-2H3. The third-order valence-corrected chi connectivity index (χ3v) is 4.55. The van der Waals surface area contributed by atoms with Crippen molar-refractivity contribution in [3.8, 4) is 11.5 Å². The Morgan fingerprint density at radius 2 is 2.06 bits per heavy atom. The number of sulfonamides is 1. The van der Waals surface area contributed by atoms with E-state index >= 15 is 0 Å². The van der Waals surface area contributed by atoms with E-state index in [1.165, 1.54) is 24.6 Å². The molecule has 1 saturated heterocycles. The van der Waals surface area contributed by atoms with E-state index in [0.717, 1.165) is 0 Å². The Kier molecular flexibility index (Phi) is 3.74. The van der Waals surface area contributed by atoms with Crippen LogP contribution in [0.5, 0.6) is 11.5 Å². The third kappa shape index (κ3) is 2.29. The van der Waals surface area contributed by atoms with Gasteiger partial charge < -0.3 is 14.2 Å². The van der Waals surface area contributed by atoms with Crippen LogP contribution in [0.1, 0.15) is 0 Å². The van der Waals surface area contributed by atoms with E-state index in [0.29, 0.717) is 24.7 Å². The van der Waals surface area contributed by atoms with Gasteiger partial charge >= 0.3 is 0 Å². The Morgan fingerprint density at radius 1 is 1.28 bits per heavy atom. The van der Waals surface area contributed by atoms with Gasteiger partial charge in [-0.15, -0.1) is 0 Å². The molecular weight excluding hydrogens is 258 g/mol. The fraction of sp³-hybridized carbons (Fsp3) is 0.455. The highest BCUT2D eigenvalue weighted by Gasteiger charge is 2.30. The number of nitrogens with zero attached hydrogens (tertiary/aromatic N) is 1. The second-order valence-corrected chi connectivity index (χ2v) is 5.64. The highest BCUT2D eigenvalue weighted by Crippen LogP contribution is 2.31. The number of hydrogen-bond acceptors (Lipinski definition) is 5. The molecule has 0 aliphatic carbocycles. The van der Waals surface area contributed by atoms with Gasteiger partial charge in [-0.1, -0.05) is 0 Å². The summed E-state index contributed by atoms with van der Waals surface area (Å²) in [5, 5.41) is 0. The summed E-state index contributed by atoms with van der Waals surface area (Å²) in [4.78, 5) is 0.0925. The van der Waals surface area contributed by atoms with Crippen molar-refractivity contribution in [3.05, 3.63) is 18.2 Å². The largest absolute Gasteiger partial charge is 0.497 e. The first kappa shape index (κ1) is 13.1. The summed E-state index contributed by atoms with van der Waals surface area (Å²) in [6.45, 7) is 0.830. The first-order valence-electron chi connectivity index (χ1n) is 5.39. The fourth-order valence-electron chi connectivity index (χ4n) is 1.71. The van der Waals surface area contributed by atoms with E-state index < -0.39 is 10.0 Å². The molecule has 1 heterocycles. The van der Waals surface area contributed by atoms with Gasteiger partial charge in [-0.3, -0.25) is 0 Å². The second kappa shape index (κ2) is 5.13. The molecule has 1 aliphatic heterocycles. The zero-order valence-corrected chi connectivity index (χ0v) is 11.1. The van der Waals surface area contributed by atoms with Gasteiger partial charge in [-0.25, -0.2) is 8.42 Å². The van der Waals surface area contributed by atoms with Crippen molar-refractivity contribution in [3.63, 3.8) is 0 Å². The van der Waals surface area contributed by atoms with Gasteiger partial charge in [0, 0.05) is 12.6 Å². The molecule has 0 saturated carbocycles. The predicted molar refractivity (Wildman–Crippen MR) is 64.3 cm³/mol. The fourth-order valence-corrected chi connectivity index (χ4v) is 3.19.